The first-order valence-electron chi connectivity index (χ1n) is 11.4. The van der Waals surface area contributed by atoms with E-state index in [-0.39, 0.29) is 29.5 Å². The SMILES string of the molecule is Cc1cccc(-n2c(CNC(=O)c3ccc(C)c([N+](=O)[O-])c3)nnc2SCC(=O)Nc2ccc(F)cc2)c1. The molecule has 0 radical (unpaired) electrons. The highest BCUT2D eigenvalue weighted by molar-refractivity contribution is 7.99. The van der Waals surface area contributed by atoms with Gasteiger partial charge in [0.25, 0.3) is 11.6 Å². The molecular weight excluding hydrogens is 511 g/mol. The molecule has 10 nitrogen and oxygen atoms in total. The number of aryl methyl sites for hydroxylation is 2. The summed E-state index contributed by atoms with van der Waals surface area (Å²) >= 11 is 1.15. The normalized spacial score (nSPS) is 10.7. The monoisotopic (exact) mass is 534 g/mol. The van der Waals surface area contributed by atoms with Crippen LogP contribution in [0.4, 0.5) is 15.8 Å². The highest BCUT2D eigenvalue weighted by atomic mass is 32.2. The Balaban J connectivity index is 1.51. The lowest BCUT2D eigenvalue weighted by atomic mass is 10.1. The summed E-state index contributed by atoms with van der Waals surface area (Å²) < 4.78 is 14.9. The van der Waals surface area contributed by atoms with E-state index in [1.807, 2.05) is 31.2 Å². The second-order valence-electron chi connectivity index (χ2n) is 8.36. The van der Waals surface area contributed by atoms with E-state index in [0.29, 0.717) is 22.2 Å². The Labute approximate surface area is 221 Å². The number of aromatic nitrogens is 3. The van der Waals surface area contributed by atoms with Gasteiger partial charge in [0.2, 0.25) is 5.91 Å². The summed E-state index contributed by atoms with van der Waals surface area (Å²) in [6.45, 7) is 3.52. The van der Waals surface area contributed by atoms with Gasteiger partial charge in [0.15, 0.2) is 11.0 Å². The number of hydrogen-bond donors (Lipinski definition) is 2. The second-order valence-corrected chi connectivity index (χ2v) is 9.30. The Morgan fingerprint density at radius 1 is 1.05 bits per heavy atom. The molecular formula is C26H23FN6O4S. The van der Waals surface area contributed by atoms with E-state index in [0.717, 1.165) is 23.0 Å². The van der Waals surface area contributed by atoms with Crippen LogP contribution in [0.3, 0.4) is 0 Å². The summed E-state index contributed by atoms with van der Waals surface area (Å²) in [5.41, 5.74) is 2.66. The molecule has 3 aromatic carbocycles. The minimum Gasteiger partial charge on any atom is -0.345 e. The number of amides is 2. The molecule has 0 aliphatic heterocycles. The fraction of sp³-hybridized carbons (Fsp3) is 0.154. The zero-order valence-corrected chi connectivity index (χ0v) is 21.3. The van der Waals surface area contributed by atoms with Crippen LogP contribution in [0.15, 0.2) is 71.9 Å². The first kappa shape index (κ1) is 26.5. The van der Waals surface area contributed by atoms with E-state index in [1.54, 1.807) is 11.5 Å². The zero-order chi connectivity index (χ0) is 27.2. The molecule has 0 unspecified atom stereocenters. The van der Waals surface area contributed by atoms with E-state index >= 15 is 0 Å². The Morgan fingerprint density at radius 2 is 1.82 bits per heavy atom. The van der Waals surface area contributed by atoms with Crippen molar-refractivity contribution in [1.29, 1.82) is 0 Å². The minimum atomic E-state index is -0.532. The molecule has 2 N–H and O–H groups in total. The number of nitro benzene ring substituents is 1. The van der Waals surface area contributed by atoms with Gasteiger partial charge in [-0.3, -0.25) is 24.3 Å². The van der Waals surface area contributed by atoms with Crippen LogP contribution in [0, 0.1) is 29.8 Å². The number of halogens is 1. The second kappa shape index (κ2) is 11.6. The maximum Gasteiger partial charge on any atom is 0.273 e. The fourth-order valence-corrected chi connectivity index (χ4v) is 4.37. The number of thioether (sulfide) groups is 1. The number of nitro groups is 1. The van der Waals surface area contributed by atoms with Gasteiger partial charge in [0.1, 0.15) is 5.82 Å². The fourth-order valence-electron chi connectivity index (χ4n) is 3.60. The predicted octanol–water partition coefficient (Wildman–Crippen LogP) is 4.59. The Bertz CT molecular complexity index is 1510. The van der Waals surface area contributed by atoms with Gasteiger partial charge in [-0.15, -0.1) is 10.2 Å². The lowest BCUT2D eigenvalue weighted by Gasteiger charge is -2.12. The summed E-state index contributed by atoms with van der Waals surface area (Å²) in [6, 6.07) is 17.3. The van der Waals surface area contributed by atoms with Gasteiger partial charge in [-0.2, -0.15) is 0 Å². The average molecular weight is 535 g/mol. The van der Waals surface area contributed by atoms with E-state index in [9.17, 15) is 24.1 Å². The van der Waals surface area contributed by atoms with E-state index in [1.165, 1.54) is 42.5 Å². The molecule has 1 aromatic heterocycles. The van der Waals surface area contributed by atoms with Crippen molar-refractivity contribution in [2.75, 3.05) is 11.1 Å². The summed E-state index contributed by atoms with van der Waals surface area (Å²) in [4.78, 5) is 35.9. The predicted molar refractivity (Wildman–Crippen MR) is 141 cm³/mol. The quantitative estimate of drug-likeness (QED) is 0.182. The van der Waals surface area contributed by atoms with E-state index < -0.39 is 16.6 Å². The highest BCUT2D eigenvalue weighted by Gasteiger charge is 2.19. The van der Waals surface area contributed by atoms with Crippen LogP contribution in [-0.2, 0) is 11.3 Å². The topological polar surface area (TPSA) is 132 Å². The molecule has 4 aromatic rings. The van der Waals surface area contributed by atoms with Crippen LogP contribution in [0.25, 0.3) is 5.69 Å². The molecule has 0 aliphatic carbocycles. The summed E-state index contributed by atoms with van der Waals surface area (Å²) in [5.74, 6) is -0.785. The molecule has 1 heterocycles. The van der Waals surface area contributed by atoms with Gasteiger partial charge >= 0.3 is 0 Å². The van der Waals surface area contributed by atoms with Gasteiger partial charge in [0.05, 0.1) is 17.2 Å². The van der Waals surface area contributed by atoms with Gasteiger partial charge in [-0.1, -0.05) is 30.0 Å². The van der Waals surface area contributed by atoms with Crippen LogP contribution in [0.1, 0.15) is 27.3 Å². The van der Waals surface area contributed by atoms with Crippen LogP contribution in [-0.4, -0.2) is 37.3 Å². The minimum absolute atomic E-state index is 0.0101. The first-order valence-corrected chi connectivity index (χ1v) is 12.4. The molecule has 2 amide bonds. The number of benzene rings is 3. The molecule has 0 aliphatic rings. The molecule has 0 saturated carbocycles. The maximum absolute atomic E-state index is 13.1. The van der Waals surface area contributed by atoms with Crippen LogP contribution in [0.2, 0.25) is 0 Å². The number of anilines is 1. The molecule has 0 fully saturated rings. The van der Waals surface area contributed by atoms with Crippen molar-refractivity contribution in [2.24, 2.45) is 0 Å². The van der Waals surface area contributed by atoms with Crippen molar-refractivity contribution < 1.29 is 18.9 Å². The number of rotatable bonds is 9. The van der Waals surface area contributed by atoms with Crippen molar-refractivity contribution in [3.05, 3.63) is 105 Å². The number of carbonyl (C=O) groups excluding carboxylic acids is 2. The third kappa shape index (κ3) is 6.40. The standard InChI is InChI=1S/C26H23FN6O4S/c1-16-4-3-5-21(12-16)32-23(14-28-25(35)18-7-6-17(2)22(13-18)33(36)37)30-31-26(32)38-15-24(34)29-20-10-8-19(27)9-11-20/h3-13H,14-15H2,1-2H3,(H,28,35)(H,29,34). The number of carbonyl (C=O) groups is 2. The van der Waals surface area contributed by atoms with Gasteiger partial charge in [0, 0.05) is 28.6 Å². The molecule has 12 heteroatoms. The van der Waals surface area contributed by atoms with Gasteiger partial charge < -0.3 is 10.6 Å². The summed E-state index contributed by atoms with van der Waals surface area (Å²) in [5, 5.41) is 25.5. The van der Waals surface area contributed by atoms with E-state index in [2.05, 4.69) is 20.8 Å². The van der Waals surface area contributed by atoms with E-state index in [4.69, 9.17) is 0 Å². The average Bonchev–Trinajstić information content (AvgIpc) is 3.30. The van der Waals surface area contributed by atoms with Crippen molar-refractivity contribution in [3.8, 4) is 5.69 Å². The summed E-state index contributed by atoms with van der Waals surface area (Å²) in [7, 11) is 0. The third-order valence-electron chi connectivity index (χ3n) is 5.50. The first-order chi connectivity index (χ1) is 18.2. The molecule has 38 heavy (non-hydrogen) atoms. The van der Waals surface area contributed by atoms with Crippen molar-refractivity contribution in [2.45, 2.75) is 25.5 Å². The lowest BCUT2D eigenvalue weighted by molar-refractivity contribution is -0.385. The van der Waals surface area contributed by atoms with Gasteiger partial charge in [-0.05, 0) is 61.9 Å². The largest absolute Gasteiger partial charge is 0.345 e. The molecule has 194 valence electrons. The molecule has 0 spiro atoms. The van der Waals surface area contributed by atoms with Crippen LogP contribution >= 0.6 is 11.8 Å². The molecule has 0 saturated heterocycles. The Kier molecular flexibility index (Phi) is 8.12. The van der Waals surface area contributed by atoms with Crippen molar-refractivity contribution in [3.63, 3.8) is 0 Å². The van der Waals surface area contributed by atoms with Crippen LogP contribution < -0.4 is 10.6 Å². The van der Waals surface area contributed by atoms with Crippen molar-refractivity contribution in [1.82, 2.24) is 20.1 Å². The molecule has 0 atom stereocenters. The zero-order valence-electron chi connectivity index (χ0n) is 20.5. The molecule has 0 bridgehead atoms. The third-order valence-corrected chi connectivity index (χ3v) is 6.42. The van der Waals surface area contributed by atoms with Crippen molar-refractivity contribution >= 4 is 35.0 Å². The Hall–Kier alpha value is -4.58. The number of hydrogen-bond acceptors (Lipinski definition) is 7. The Morgan fingerprint density at radius 3 is 2.53 bits per heavy atom. The van der Waals surface area contributed by atoms with Gasteiger partial charge in [-0.25, -0.2) is 4.39 Å². The highest BCUT2D eigenvalue weighted by Crippen LogP contribution is 2.24. The number of nitrogens with one attached hydrogen (secondary N) is 2. The lowest BCUT2D eigenvalue weighted by Crippen LogP contribution is -2.25. The smallest absolute Gasteiger partial charge is 0.273 e. The number of nitrogens with zero attached hydrogens (tertiary/aromatic N) is 4. The van der Waals surface area contributed by atoms with Crippen LogP contribution in [0.5, 0.6) is 0 Å². The maximum atomic E-state index is 13.1. The summed E-state index contributed by atoms with van der Waals surface area (Å²) in [6.07, 6.45) is 0. The molecule has 4 rings (SSSR count).